The zero-order valence-corrected chi connectivity index (χ0v) is 16.9. The van der Waals surface area contributed by atoms with E-state index in [9.17, 15) is 9.59 Å². The monoisotopic (exact) mass is 430 g/mol. The average molecular weight is 430 g/mol. The van der Waals surface area contributed by atoms with Crippen molar-refractivity contribution < 1.29 is 9.53 Å². The molecule has 3 heterocycles. The highest BCUT2D eigenvalue weighted by Crippen LogP contribution is 2.27. The maximum atomic E-state index is 12.8. The number of ether oxygens (including phenoxy) is 1. The lowest BCUT2D eigenvalue weighted by molar-refractivity contribution is 0.0997. The summed E-state index contributed by atoms with van der Waals surface area (Å²) >= 11 is 0. The number of fused-ring (bicyclic) bond motifs is 1. The van der Waals surface area contributed by atoms with Crippen LogP contribution in [0.4, 0.5) is 5.69 Å². The first-order chi connectivity index (χ1) is 15.6. The van der Waals surface area contributed by atoms with Crippen molar-refractivity contribution in [2.75, 3.05) is 12.1 Å². The highest BCUT2D eigenvalue weighted by atomic mass is 16.5. The number of benzene rings is 2. The van der Waals surface area contributed by atoms with E-state index in [1.807, 2.05) is 30.5 Å². The molecule has 1 aliphatic rings. The number of rotatable bonds is 5. The van der Waals surface area contributed by atoms with Gasteiger partial charge >= 0.3 is 5.69 Å². The zero-order valence-electron chi connectivity index (χ0n) is 16.9. The molecule has 32 heavy (non-hydrogen) atoms. The first-order valence-corrected chi connectivity index (χ1v) is 9.60. The predicted molar refractivity (Wildman–Crippen MR) is 118 cm³/mol. The van der Waals surface area contributed by atoms with Crippen LogP contribution in [0.5, 0.6) is 5.75 Å². The molecule has 5 rings (SSSR count). The summed E-state index contributed by atoms with van der Waals surface area (Å²) in [5, 5.41) is 1.79. The molecule has 1 aliphatic heterocycles. The van der Waals surface area contributed by atoms with Gasteiger partial charge in [-0.05, 0) is 36.4 Å². The Morgan fingerprint density at radius 2 is 1.88 bits per heavy atom. The van der Waals surface area contributed by atoms with E-state index < -0.39 is 11.6 Å². The molecule has 0 bridgehead atoms. The van der Waals surface area contributed by atoms with Crippen LogP contribution in [0.15, 0.2) is 65.7 Å². The first kappa shape index (κ1) is 19.3. The molecule has 2 aromatic heterocycles. The summed E-state index contributed by atoms with van der Waals surface area (Å²) in [6.07, 6.45) is 3.58. The molecule has 4 aromatic rings. The Hall–Kier alpha value is -4.64. The van der Waals surface area contributed by atoms with Crippen molar-refractivity contribution in [3.05, 3.63) is 77.1 Å². The minimum Gasteiger partial charge on any atom is -0.495 e. The van der Waals surface area contributed by atoms with Gasteiger partial charge < -0.3 is 20.9 Å². The molecule has 5 N–H and O–H groups in total. The van der Waals surface area contributed by atoms with Crippen molar-refractivity contribution in [3.8, 4) is 22.8 Å². The number of aromatic amines is 1. The number of carbonyl (C=O) groups excluding carboxylic acids is 1. The molecule has 0 saturated heterocycles. The summed E-state index contributed by atoms with van der Waals surface area (Å²) < 4.78 is 6.74. The SMILES string of the molecule is COc1ccccc1-n1c(=O)[nH]c2c(C(N)=O)nc(-c3ccc(N4C=CNN4)cc3)nc21. The Bertz CT molecular complexity index is 1420. The third-order valence-corrected chi connectivity index (χ3v) is 4.99. The number of carbonyl (C=O) groups is 1. The number of hydrogen-bond donors (Lipinski definition) is 4. The van der Waals surface area contributed by atoms with Gasteiger partial charge in [-0.25, -0.2) is 19.3 Å². The van der Waals surface area contributed by atoms with Crippen LogP contribution < -0.4 is 32.1 Å². The summed E-state index contributed by atoms with van der Waals surface area (Å²) in [5.74, 6) is -0.0508. The van der Waals surface area contributed by atoms with E-state index in [-0.39, 0.29) is 22.7 Å². The second kappa shape index (κ2) is 7.56. The number of methoxy groups -OCH3 is 1. The number of para-hydroxylation sites is 2. The smallest absolute Gasteiger partial charge is 0.332 e. The molecule has 0 saturated carbocycles. The van der Waals surface area contributed by atoms with E-state index in [0.29, 0.717) is 17.0 Å². The third kappa shape index (κ3) is 3.13. The number of nitrogens with two attached hydrogens (primary N) is 1. The second-order valence-corrected chi connectivity index (χ2v) is 6.88. The maximum absolute atomic E-state index is 12.8. The lowest BCUT2D eigenvalue weighted by Gasteiger charge is -2.15. The van der Waals surface area contributed by atoms with E-state index in [4.69, 9.17) is 10.5 Å². The van der Waals surface area contributed by atoms with Crippen LogP contribution in [0.2, 0.25) is 0 Å². The number of hydrazine groups is 2. The van der Waals surface area contributed by atoms with Crippen molar-refractivity contribution in [1.29, 1.82) is 0 Å². The van der Waals surface area contributed by atoms with Gasteiger partial charge in [-0.2, -0.15) is 0 Å². The Morgan fingerprint density at radius 3 is 2.56 bits per heavy atom. The molecule has 0 fully saturated rings. The number of nitrogens with zero attached hydrogens (tertiary/aromatic N) is 4. The summed E-state index contributed by atoms with van der Waals surface area (Å²) in [6.45, 7) is 0. The van der Waals surface area contributed by atoms with E-state index in [1.165, 1.54) is 11.7 Å². The number of nitrogens with one attached hydrogen (secondary N) is 3. The number of anilines is 1. The van der Waals surface area contributed by atoms with Gasteiger partial charge in [0.25, 0.3) is 5.91 Å². The minimum absolute atomic E-state index is 0.0758. The predicted octanol–water partition coefficient (Wildman–Crippen LogP) is 1.18. The molecule has 0 unspecified atom stereocenters. The molecule has 2 aromatic carbocycles. The minimum atomic E-state index is -0.777. The molecular formula is C21H18N8O3. The third-order valence-electron chi connectivity index (χ3n) is 4.99. The number of H-pyrrole nitrogens is 1. The topological polar surface area (TPSA) is 143 Å². The summed E-state index contributed by atoms with van der Waals surface area (Å²) in [5.41, 5.74) is 13.2. The number of aromatic nitrogens is 4. The molecule has 0 radical (unpaired) electrons. The van der Waals surface area contributed by atoms with Crippen LogP contribution in [0.3, 0.4) is 0 Å². The van der Waals surface area contributed by atoms with Gasteiger partial charge in [0.2, 0.25) is 0 Å². The van der Waals surface area contributed by atoms with Crippen LogP contribution >= 0.6 is 0 Å². The Labute approximate surface area is 181 Å². The summed E-state index contributed by atoms with van der Waals surface area (Å²) in [7, 11) is 1.51. The normalized spacial score (nSPS) is 12.8. The number of amides is 1. The van der Waals surface area contributed by atoms with Crippen molar-refractivity contribution >= 4 is 22.8 Å². The van der Waals surface area contributed by atoms with Gasteiger partial charge in [0, 0.05) is 18.0 Å². The van der Waals surface area contributed by atoms with E-state index in [2.05, 4.69) is 25.9 Å². The van der Waals surface area contributed by atoms with Crippen molar-refractivity contribution in [2.45, 2.75) is 0 Å². The van der Waals surface area contributed by atoms with Gasteiger partial charge in [-0.3, -0.25) is 9.80 Å². The van der Waals surface area contributed by atoms with Crippen molar-refractivity contribution in [3.63, 3.8) is 0 Å². The largest absolute Gasteiger partial charge is 0.495 e. The molecule has 0 aliphatic carbocycles. The molecule has 0 atom stereocenters. The first-order valence-electron chi connectivity index (χ1n) is 9.60. The lowest BCUT2D eigenvalue weighted by atomic mass is 10.2. The van der Waals surface area contributed by atoms with Gasteiger partial charge in [-0.15, -0.1) is 5.53 Å². The average Bonchev–Trinajstić information content (AvgIpc) is 3.46. The van der Waals surface area contributed by atoms with Gasteiger partial charge in [0.15, 0.2) is 17.2 Å². The molecule has 0 spiro atoms. The van der Waals surface area contributed by atoms with E-state index >= 15 is 0 Å². The molecule has 160 valence electrons. The highest BCUT2D eigenvalue weighted by Gasteiger charge is 2.21. The van der Waals surface area contributed by atoms with Gasteiger partial charge in [0.05, 0.1) is 18.5 Å². The standard InChI is InChI=1S/C21H18N8O3/c1-32-15-5-3-2-4-14(15)29-20-17(25-21(29)31)16(18(22)30)24-19(26-20)12-6-8-13(9-7-12)28-11-10-23-27-28/h2-11,23,27H,1H3,(H2,22,30)(H,25,31). The summed E-state index contributed by atoms with van der Waals surface area (Å²) in [6, 6.07) is 14.4. The van der Waals surface area contributed by atoms with Crippen LogP contribution in [-0.4, -0.2) is 32.5 Å². The number of hydrogen-bond acceptors (Lipinski definition) is 8. The van der Waals surface area contributed by atoms with Gasteiger partial charge in [0.1, 0.15) is 11.3 Å². The fourth-order valence-electron chi connectivity index (χ4n) is 3.51. The van der Waals surface area contributed by atoms with Crippen LogP contribution in [0, 0.1) is 0 Å². The van der Waals surface area contributed by atoms with E-state index in [1.54, 1.807) is 35.5 Å². The maximum Gasteiger partial charge on any atom is 0.332 e. The second-order valence-electron chi connectivity index (χ2n) is 6.88. The van der Waals surface area contributed by atoms with Crippen molar-refractivity contribution in [2.24, 2.45) is 5.73 Å². The Morgan fingerprint density at radius 1 is 1.09 bits per heavy atom. The fraction of sp³-hybridized carbons (Fsp3) is 0.0476. The fourth-order valence-corrected chi connectivity index (χ4v) is 3.51. The molecule has 11 nitrogen and oxygen atoms in total. The molecule has 11 heteroatoms. The lowest BCUT2D eigenvalue weighted by Crippen LogP contribution is -2.35. The van der Waals surface area contributed by atoms with Crippen molar-refractivity contribution in [1.82, 2.24) is 30.5 Å². The van der Waals surface area contributed by atoms with Crippen LogP contribution in [0.25, 0.3) is 28.2 Å². The Kier molecular flexibility index (Phi) is 4.57. The number of primary amides is 1. The quantitative estimate of drug-likeness (QED) is 0.370. The van der Waals surface area contributed by atoms with Crippen LogP contribution in [-0.2, 0) is 0 Å². The summed E-state index contributed by atoms with van der Waals surface area (Å²) in [4.78, 5) is 36.6. The number of imidazole rings is 1. The van der Waals surface area contributed by atoms with E-state index in [0.717, 1.165) is 5.69 Å². The molecule has 1 amide bonds. The van der Waals surface area contributed by atoms with Crippen LogP contribution in [0.1, 0.15) is 10.5 Å². The zero-order chi connectivity index (χ0) is 22.2. The molecular weight excluding hydrogens is 412 g/mol. The van der Waals surface area contributed by atoms with Gasteiger partial charge in [-0.1, -0.05) is 12.1 Å². The highest BCUT2D eigenvalue weighted by molar-refractivity contribution is 6.02. The Balaban J connectivity index is 1.70.